The molecule has 0 aliphatic rings. The van der Waals surface area contributed by atoms with Crippen molar-refractivity contribution >= 4 is 56.5 Å². The van der Waals surface area contributed by atoms with Crippen molar-refractivity contribution in [3.05, 3.63) is 91.4 Å². The third-order valence-corrected chi connectivity index (χ3v) is 7.02. The first kappa shape index (κ1) is 22.0. The van der Waals surface area contributed by atoms with E-state index >= 15 is 0 Å². The number of hydrogen-bond donors (Lipinski definition) is 3. The van der Waals surface area contributed by atoms with Crippen molar-refractivity contribution in [3.8, 4) is 11.5 Å². The van der Waals surface area contributed by atoms with E-state index in [1.165, 1.54) is 36.4 Å². The van der Waals surface area contributed by atoms with Gasteiger partial charge in [-0.2, -0.15) is 8.42 Å². The second-order valence-corrected chi connectivity index (χ2v) is 9.34. The van der Waals surface area contributed by atoms with Crippen molar-refractivity contribution in [2.24, 2.45) is 0 Å². The van der Waals surface area contributed by atoms with Crippen molar-refractivity contribution in [1.82, 2.24) is 0 Å². The van der Waals surface area contributed by atoms with Crippen LogP contribution in [-0.2, 0) is 14.9 Å². The van der Waals surface area contributed by atoms with Gasteiger partial charge in [0.05, 0.1) is 10.0 Å². The van der Waals surface area contributed by atoms with E-state index < -0.39 is 26.4 Å². The molecule has 3 rings (SSSR count). The Morgan fingerprint density at radius 3 is 1.93 bits per heavy atom. The summed E-state index contributed by atoms with van der Waals surface area (Å²) in [5.74, 6) is -0.882. The van der Waals surface area contributed by atoms with Crippen molar-refractivity contribution < 1.29 is 23.2 Å². The van der Waals surface area contributed by atoms with E-state index in [1.807, 2.05) is 0 Å². The van der Waals surface area contributed by atoms with Gasteiger partial charge in [-0.1, -0.05) is 64.6 Å². The molecule has 0 saturated carbocycles. The lowest BCUT2D eigenvalue weighted by atomic mass is 9.83. The highest BCUT2D eigenvalue weighted by Gasteiger charge is 2.50. The zero-order chi connectivity index (χ0) is 21.6. The van der Waals surface area contributed by atoms with E-state index in [0.29, 0.717) is 0 Å². The smallest absolute Gasteiger partial charge is 0.283 e. The summed E-state index contributed by atoms with van der Waals surface area (Å²) in [7, 11) is -5.04. The highest BCUT2D eigenvalue weighted by atomic mass is 35.5. The Balaban J connectivity index is 2.58. The Morgan fingerprint density at radius 2 is 1.34 bits per heavy atom. The molecule has 0 aliphatic carbocycles. The molecule has 29 heavy (non-hydrogen) atoms. The molecule has 0 heterocycles. The topological polar surface area (TPSA) is 94.8 Å². The molecule has 3 aromatic carbocycles. The van der Waals surface area contributed by atoms with Crippen molar-refractivity contribution in [1.29, 1.82) is 0 Å². The Bertz CT molecular complexity index is 1210. The minimum absolute atomic E-state index is 0.0119. The van der Waals surface area contributed by atoms with E-state index in [0.717, 1.165) is 18.2 Å². The Kier molecular flexibility index (Phi) is 5.98. The zero-order valence-corrected chi connectivity index (χ0v) is 18.1. The number of halogens is 4. The monoisotopic (exact) mass is 492 g/mol. The van der Waals surface area contributed by atoms with Gasteiger partial charge in [-0.3, -0.25) is 4.55 Å². The van der Waals surface area contributed by atoms with Gasteiger partial charge < -0.3 is 10.2 Å². The number of hydrogen-bond acceptors (Lipinski definition) is 4. The van der Waals surface area contributed by atoms with E-state index in [4.69, 9.17) is 46.4 Å². The first-order valence-corrected chi connectivity index (χ1v) is 10.8. The Morgan fingerprint density at radius 1 is 0.724 bits per heavy atom. The minimum Gasteiger partial charge on any atom is -0.506 e. The molecule has 0 aliphatic heterocycles. The van der Waals surface area contributed by atoms with Crippen LogP contribution in [0.5, 0.6) is 11.5 Å². The highest BCUT2D eigenvalue weighted by molar-refractivity contribution is 7.87. The van der Waals surface area contributed by atoms with E-state index in [2.05, 4.69) is 0 Å². The third-order valence-electron chi connectivity index (χ3n) is 4.39. The predicted octanol–water partition coefficient (Wildman–Crippen LogP) is 5.89. The molecule has 0 spiro atoms. The van der Waals surface area contributed by atoms with Gasteiger partial charge in [0.25, 0.3) is 10.1 Å². The number of phenols is 2. The molecular weight excluding hydrogens is 482 g/mol. The summed E-state index contributed by atoms with van der Waals surface area (Å²) in [6, 6.07) is 11.6. The second kappa shape index (κ2) is 7.87. The summed E-state index contributed by atoms with van der Waals surface area (Å²) < 4.78 is 34.0. The first-order chi connectivity index (χ1) is 13.5. The molecule has 10 heteroatoms. The van der Waals surface area contributed by atoms with Crippen LogP contribution in [0.15, 0.2) is 54.6 Å². The molecule has 3 aromatic rings. The molecule has 0 bridgehead atoms. The molecular formula is C19H12Cl4O5S. The van der Waals surface area contributed by atoms with Crippen molar-refractivity contribution in [3.63, 3.8) is 0 Å². The Labute approximate surface area is 186 Å². The summed E-state index contributed by atoms with van der Waals surface area (Å²) in [5, 5.41) is 20.1. The zero-order valence-electron chi connectivity index (χ0n) is 14.3. The van der Waals surface area contributed by atoms with Gasteiger partial charge in [0.15, 0.2) is 4.75 Å². The fraction of sp³-hybridized carbons (Fsp3) is 0.0526. The minimum atomic E-state index is -5.04. The number of rotatable bonds is 4. The van der Waals surface area contributed by atoms with Crippen LogP contribution in [0.1, 0.15) is 16.7 Å². The first-order valence-electron chi connectivity index (χ1n) is 7.89. The average molecular weight is 494 g/mol. The number of aromatic hydroxyl groups is 2. The van der Waals surface area contributed by atoms with Crippen LogP contribution < -0.4 is 0 Å². The predicted molar refractivity (Wildman–Crippen MR) is 114 cm³/mol. The summed E-state index contributed by atoms with van der Waals surface area (Å²) in [5.41, 5.74) is -0.279. The van der Waals surface area contributed by atoms with Gasteiger partial charge in [-0.15, -0.1) is 0 Å². The molecule has 0 fully saturated rings. The highest BCUT2D eigenvalue weighted by Crippen LogP contribution is 2.49. The fourth-order valence-corrected chi connectivity index (χ4v) is 5.35. The van der Waals surface area contributed by atoms with Crippen molar-refractivity contribution in [2.45, 2.75) is 4.75 Å². The molecule has 0 saturated heterocycles. The van der Waals surface area contributed by atoms with Crippen LogP contribution in [0.2, 0.25) is 20.1 Å². The fourth-order valence-electron chi connectivity index (χ4n) is 3.16. The normalized spacial score (nSPS) is 13.8. The van der Waals surface area contributed by atoms with Gasteiger partial charge in [0.2, 0.25) is 0 Å². The summed E-state index contributed by atoms with van der Waals surface area (Å²) in [6.07, 6.45) is 0. The maximum Gasteiger partial charge on any atom is 0.283 e. The number of phenolic OH excluding ortho intramolecular Hbond substituents is 2. The molecule has 1 unspecified atom stereocenters. The summed E-state index contributed by atoms with van der Waals surface area (Å²) in [6.45, 7) is 0. The van der Waals surface area contributed by atoms with Gasteiger partial charge in [-0.05, 0) is 47.5 Å². The van der Waals surface area contributed by atoms with Gasteiger partial charge in [-0.25, -0.2) is 0 Å². The molecule has 152 valence electrons. The van der Waals surface area contributed by atoms with Crippen LogP contribution in [0.25, 0.3) is 0 Å². The van der Waals surface area contributed by atoms with Gasteiger partial charge in [0.1, 0.15) is 11.5 Å². The maximum atomic E-state index is 12.9. The molecule has 0 aromatic heterocycles. The lowest BCUT2D eigenvalue weighted by Crippen LogP contribution is -2.38. The largest absolute Gasteiger partial charge is 0.506 e. The summed E-state index contributed by atoms with van der Waals surface area (Å²) >= 11 is 24.1. The Hall–Kier alpha value is -1.67. The molecule has 3 N–H and O–H groups in total. The molecule has 5 nitrogen and oxygen atoms in total. The van der Waals surface area contributed by atoms with Gasteiger partial charge in [0, 0.05) is 15.6 Å². The average Bonchev–Trinajstić information content (AvgIpc) is 2.62. The van der Waals surface area contributed by atoms with Crippen LogP contribution in [-0.4, -0.2) is 23.2 Å². The van der Waals surface area contributed by atoms with E-state index in [9.17, 15) is 23.2 Å². The molecule has 0 radical (unpaired) electrons. The van der Waals surface area contributed by atoms with Crippen LogP contribution in [0, 0.1) is 0 Å². The van der Waals surface area contributed by atoms with Crippen molar-refractivity contribution in [2.75, 3.05) is 0 Å². The van der Waals surface area contributed by atoms with E-state index in [1.54, 1.807) is 0 Å². The van der Waals surface area contributed by atoms with Crippen LogP contribution >= 0.6 is 46.4 Å². The quantitative estimate of drug-likeness (QED) is 0.311. The van der Waals surface area contributed by atoms with E-state index in [-0.39, 0.29) is 36.8 Å². The molecule has 1 atom stereocenters. The second-order valence-electron chi connectivity index (χ2n) is 6.12. The molecule has 0 amide bonds. The third kappa shape index (κ3) is 3.77. The van der Waals surface area contributed by atoms with Crippen LogP contribution in [0.3, 0.4) is 0 Å². The van der Waals surface area contributed by atoms with Crippen LogP contribution in [0.4, 0.5) is 0 Å². The number of benzene rings is 3. The standard InChI is InChI=1S/C19H12Cl4O5S/c20-12-3-1-2-10(6-12)19(29(26,27)28,11-4-5-14(21)17(24)7-11)13-8-18(25)16(23)9-15(13)22/h1-9,24-25H,(H,26,27,28). The lowest BCUT2D eigenvalue weighted by molar-refractivity contribution is 0.455. The van der Waals surface area contributed by atoms with Gasteiger partial charge >= 0.3 is 0 Å². The lowest BCUT2D eigenvalue weighted by Gasteiger charge is -2.33. The SMILES string of the molecule is O=S(=O)(O)C(c1cccc(Cl)c1)(c1ccc(Cl)c(O)c1)c1cc(O)c(Cl)cc1Cl. The maximum absolute atomic E-state index is 12.9. The summed E-state index contributed by atoms with van der Waals surface area (Å²) in [4.78, 5) is 0.